The summed E-state index contributed by atoms with van der Waals surface area (Å²) in [7, 11) is 0. The highest BCUT2D eigenvalue weighted by Crippen LogP contribution is 2.24. The third kappa shape index (κ3) is 3.75. The minimum absolute atomic E-state index is 0.157. The molecule has 0 unspecified atom stereocenters. The fourth-order valence-corrected chi connectivity index (χ4v) is 3.96. The van der Waals surface area contributed by atoms with Crippen LogP contribution in [0.4, 0.5) is 5.69 Å². The highest BCUT2D eigenvalue weighted by atomic mass is 32.1. The normalized spacial score (nSPS) is 14.5. The van der Waals surface area contributed by atoms with E-state index in [1.165, 1.54) is 5.69 Å². The average molecular weight is 364 g/mol. The van der Waals surface area contributed by atoms with Gasteiger partial charge >= 0.3 is 0 Å². The van der Waals surface area contributed by atoms with E-state index in [1.54, 1.807) is 23.7 Å². The van der Waals surface area contributed by atoms with Gasteiger partial charge in [0.15, 0.2) is 0 Å². The second-order valence-electron chi connectivity index (χ2n) is 6.26. The lowest BCUT2D eigenvalue weighted by molar-refractivity contribution is -0.130. The van der Waals surface area contributed by atoms with Gasteiger partial charge in [-0.2, -0.15) is 0 Å². The molecule has 0 N–H and O–H groups in total. The second kappa shape index (κ2) is 7.66. The predicted molar refractivity (Wildman–Crippen MR) is 104 cm³/mol. The number of anilines is 1. The van der Waals surface area contributed by atoms with E-state index in [4.69, 9.17) is 0 Å². The molecule has 1 aliphatic rings. The van der Waals surface area contributed by atoms with Crippen LogP contribution in [-0.2, 0) is 11.2 Å². The molecule has 1 fully saturated rings. The number of nitrogens with zero attached hydrogens (tertiary/aromatic N) is 4. The number of carbonyl (C=O) groups excluding carboxylic acids is 1. The maximum Gasteiger partial charge on any atom is 0.228 e. The minimum Gasteiger partial charge on any atom is -0.368 e. The quantitative estimate of drug-likeness (QED) is 0.714. The van der Waals surface area contributed by atoms with Crippen molar-refractivity contribution in [2.45, 2.75) is 6.42 Å². The lowest BCUT2D eigenvalue weighted by Crippen LogP contribution is -2.49. The lowest BCUT2D eigenvalue weighted by Gasteiger charge is -2.36. The summed E-state index contributed by atoms with van der Waals surface area (Å²) < 4.78 is 0. The van der Waals surface area contributed by atoms with E-state index in [9.17, 15) is 4.79 Å². The smallest absolute Gasteiger partial charge is 0.228 e. The summed E-state index contributed by atoms with van der Waals surface area (Å²) in [6.45, 7) is 3.19. The van der Waals surface area contributed by atoms with Gasteiger partial charge in [-0.25, -0.2) is 4.98 Å². The molecule has 4 rings (SSSR count). The van der Waals surface area contributed by atoms with Crippen LogP contribution in [0.5, 0.6) is 0 Å². The maximum atomic E-state index is 12.6. The molecule has 0 spiro atoms. The summed E-state index contributed by atoms with van der Waals surface area (Å²) >= 11 is 1.59. The zero-order valence-electron chi connectivity index (χ0n) is 14.4. The lowest BCUT2D eigenvalue weighted by atomic mass is 10.2. The van der Waals surface area contributed by atoms with Crippen molar-refractivity contribution in [3.63, 3.8) is 0 Å². The van der Waals surface area contributed by atoms with E-state index < -0.39 is 0 Å². The summed E-state index contributed by atoms with van der Waals surface area (Å²) in [5, 5.41) is 2.96. The molecule has 0 radical (unpaired) electrons. The Labute approximate surface area is 156 Å². The van der Waals surface area contributed by atoms with Crippen molar-refractivity contribution < 1.29 is 4.79 Å². The van der Waals surface area contributed by atoms with Crippen LogP contribution in [-0.4, -0.2) is 47.0 Å². The van der Waals surface area contributed by atoms with E-state index in [0.717, 1.165) is 42.4 Å². The molecule has 1 aromatic carbocycles. The van der Waals surface area contributed by atoms with Gasteiger partial charge in [-0.3, -0.25) is 9.78 Å². The van der Waals surface area contributed by atoms with Gasteiger partial charge in [0.2, 0.25) is 5.91 Å². The Morgan fingerprint density at radius 2 is 1.73 bits per heavy atom. The number of hydrogen-bond acceptors (Lipinski definition) is 5. The first kappa shape index (κ1) is 16.7. The fourth-order valence-electron chi connectivity index (χ4n) is 3.14. The number of aromatic nitrogens is 2. The van der Waals surface area contributed by atoms with Crippen molar-refractivity contribution >= 4 is 22.9 Å². The molecule has 2 aromatic heterocycles. The summed E-state index contributed by atoms with van der Waals surface area (Å²) in [5.41, 5.74) is 3.12. The first-order chi connectivity index (χ1) is 12.8. The highest BCUT2D eigenvalue weighted by molar-refractivity contribution is 7.13. The van der Waals surface area contributed by atoms with E-state index in [2.05, 4.69) is 14.9 Å². The van der Waals surface area contributed by atoms with Gasteiger partial charge in [-0.15, -0.1) is 11.3 Å². The van der Waals surface area contributed by atoms with Gasteiger partial charge in [-0.05, 0) is 12.1 Å². The van der Waals surface area contributed by atoms with E-state index in [0.29, 0.717) is 6.42 Å². The second-order valence-corrected chi connectivity index (χ2v) is 7.12. The van der Waals surface area contributed by atoms with Crippen LogP contribution in [0.2, 0.25) is 0 Å². The van der Waals surface area contributed by atoms with Gasteiger partial charge in [0.25, 0.3) is 0 Å². The average Bonchev–Trinajstić information content (AvgIpc) is 3.18. The van der Waals surface area contributed by atoms with Crippen molar-refractivity contribution in [3.05, 3.63) is 65.9 Å². The number of rotatable bonds is 4. The monoisotopic (exact) mass is 364 g/mol. The van der Waals surface area contributed by atoms with Crippen molar-refractivity contribution in [1.82, 2.24) is 14.9 Å². The third-order valence-electron chi connectivity index (χ3n) is 4.57. The predicted octanol–water partition coefficient (Wildman–Crippen LogP) is 3.10. The van der Waals surface area contributed by atoms with Crippen molar-refractivity contribution in [1.29, 1.82) is 0 Å². The van der Waals surface area contributed by atoms with E-state index >= 15 is 0 Å². The molecule has 3 heterocycles. The van der Waals surface area contributed by atoms with Crippen LogP contribution in [0.1, 0.15) is 5.69 Å². The Morgan fingerprint density at radius 1 is 1.00 bits per heavy atom. The highest BCUT2D eigenvalue weighted by Gasteiger charge is 2.22. The molecule has 132 valence electrons. The summed E-state index contributed by atoms with van der Waals surface area (Å²) in [6, 6.07) is 14.1. The molecule has 0 bridgehead atoms. The summed E-state index contributed by atoms with van der Waals surface area (Å²) in [5.74, 6) is 0.157. The Morgan fingerprint density at radius 3 is 2.46 bits per heavy atom. The molecular formula is C20H20N4OS. The number of piperazine rings is 1. The number of pyridine rings is 1. The van der Waals surface area contributed by atoms with Gasteiger partial charge in [-0.1, -0.05) is 30.3 Å². The fraction of sp³-hybridized carbons (Fsp3) is 0.250. The number of carbonyl (C=O) groups is 1. The largest absolute Gasteiger partial charge is 0.368 e. The SMILES string of the molecule is O=C(Cc1csc(-c2ccccc2)n1)N1CCN(c2ccncc2)CC1. The minimum atomic E-state index is 0.157. The van der Waals surface area contributed by atoms with Crippen molar-refractivity contribution in [2.24, 2.45) is 0 Å². The topological polar surface area (TPSA) is 49.3 Å². The molecule has 1 saturated heterocycles. The number of benzene rings is 1. The molecular weight excluding hydrogens is 344 g/mol. The molecule has 6 heteroatoms. The summed E-state index contributed by atoms with van der Waals surface area (Å²) in [6.07, 6.45) is 3.98. The standard InChI is InChI=1S/C20H20N4OS/c25-19(14-17-15-26-20(22-17)16-4-2-1-3-5-16)24-12-10-23(11-13-24)18-6-8-21-9-7-18/h1-9,15H,10-14H2. The van der Waals surface area contributed by atoms with Gasteiger partial charge in [0.05, 0.1) is 12.1 Å². The molecule has 26 heavy (non-hydrogen) atoms. The number of hydrogen-bond donors (Lipinski definition) is 0. The van der Waals surface area contributed by atoms with Gasteiger partial charge in [0.1, 0.15) is 5.01 Å². The van der Waals surface area contributed by atoms with E-state index in [-0.39, 0.29) is 5.91 Å². The zero-order chi connectivity index (χ0) is 17.8. The molecule has 0 atom stereocenters. The number of thiazole rings is 1. The Kier molecular flexibility index (Phi) is 4.93. The van der Waals surface area contributed by atoms with Crippen molar-refractivity contribution in [3.8, 4) is 10.6 Å². The number of amides is 1. The zero-order valence-corrected chi connectivity index (χ0v) is 15.2. The third-order valence-corrected chi connectivity index (χ3v) is 5.51. The molecule has 5 nitrogen and oxygen atoms in total. The Bertz CT molecular complexity index is 858. The first-order valence-corrected chi connectivity index (χ1v) is 9.60. The first-order valence-electron chi connectivity index (χ1n) is 8.72. The molecule has 1 amide bonds. The van der Waals surface area contributed by atoms with Gasteiger partial charge in [0, 0.05) is 55.2 Å². The molecule has 3 aromatic rings. The Balaban J connectivity index is 1.34. The maximum absolute atomic E-state index is 12.6. The molecule has 0 aliphatic carbocycles. The van der Waals surface area contributed by atoms with Crippen LogP contribution in [0, 0.1) is 0 Å². The van der Waals surface area contributed by atoms with Crippen molar-refractivity contribution in [2.75, 3.05) is 31.1 Å². The summed E-state index contributed by atoms with van der Waals surface area (Å²) in [4.78, 5) is 25.5. The van der Waals surface area contributed by atoms with Gasteiger partial charge < -0.3 is 9.80 Å². The Hall–Kier alpha value is -2.73. The molecule has 0 saturated carbocycles. The van der Waals surface area contributed by atoms with Crippen LogP contribution >= 0.6 is 11.3 Å². The molecule has 1 aliphatic heterocycles. The van der Waals surface area contributed by atoms with Crippen LogP contribution in [0.15, 0.2) is 60.2 Å². The van der Waals surface area contributed by atoms with Crippen LogP contribution in [0.3, 0.4) is 0 Å². The van der Waals surface area contributed by atoms with Crippen LogP contribution in [0.25, 0.3) is 10.6 Å². The van der Waals surface area contributed by atoms with E-state index in [1.807, 2.05) is 52.7 Å². The van der Waals surface area contributed by atoms with Crippen LogP contribution < -0.4 is 4.90 Å².